The number of nitrogens with zero attached hydrogens (tertiary/aromatic N) is 2. The number of nitrogens with one attached hydrogen (secondary N) is 1. The molecule has 25 heavy (non-hydrogen) atoms. The van der Waals surface area contributed by atoms with Crippen LogP contribution in [-0.4, -0.2) is 23.8 Å². The van der Waals surface area contributed by atoms with Crippen molar-refractivity contribution in [1.29, 1.82) is 0 Å². The van der Waals surface area contributed by atoms with Gasteiger partial charge in [-0.2, -0.15) is 5.10 Å². The normalized spacial score (nSPS) is 11.2. The summed E-state index contributed by atoms with van der Waals surface area (Å²) in [5.41, 5.74) is 5.85. The van der Waals surface area contributed by atoms with E-state index in [9.17, 15) is 4.79 Å². The molecule has 5 nitrogen and oxygen atoms in total. The Morgan fingerprint density at radius 3 is 2.64 bits per heavy atom. The first-order valence-electron chi connectivity index (χ1n) is 7.73. The van der Waals surface area contributed by atoms with Crippen molar-refractivity contribution in [1.82, 2.24) is 9.99 Å². The third-order valence-electron chi connectivity index (χ3n) is 4.18. The summed E-state index contributed by atoms with van der Waals surface area (Å²) in [5.74, 6) is 0.443. The van der Waals surface area contributed by atoms with Gasteiger partial charge in [0.25, 0.3) is 5.91 Å². The van der Waals surface area contributed by atoms with Crippen molar-refractivity contribution >= 4 is 34.6 Å². The van der Waals surface area contributed by atoms with Crippen LogP contribution in [0.4, 0.5) is 0 Å². The Kier molecular flexibility index (Phi) is 4.76. The Morgan fingerprint density at radius 1 is 1.24 bits per heavy atom. The van der Waals surface area contributed by atoms with E-state index in [1.165, 1.54) is 0 Å². The molecule has 0 bridgehead atoms. The fourth-order valence-electron chi connectivity index (χ4n) is 2.73. The highest BCUT2D eigenvalue weighted by Gasteiger charge is 2.18. The maximum atomic E-state index is 12.6. The van der Waals surface area contributed by atoms with E-state index in [2.05, 4.69) is 10.5 Å². The van der Waals surface area contributed by atoms with Crippen molar-refractivity contribution in [2.24, 2.45) is 12.1 Å². The van der Waals surface area contributed by atoms with Crippen LogP contribution in [0.2, 0.25) is 5.02 Å². The first kappa shape index (κ1) is 17.0. The molecule has 1 aromatic heterocycles. The Bertz CT molecular complexity index is 959. The molecule has 1 amide bonds. The summed E-state index contributed by atoms with van der Waals surface area (Å²) in [5, 5.41) is 5.53. The van der Waals surface area contributed by atoms with Gasteiger partial charge in [0.15, 0.2) is 0 Å². The van der Waals surface area contributed by atoms with E-state index in [1.54, 1.807) is 25.5 Å². The minimum atomic E-state index is -0.262. The summed E-state index contributed by atoms with van der Waals surface area (Å²) in [6.07, 6.45) is 1.58. The zero-order chi connectivity index (χ0) is 18.0. The van der Waals surface area contributed by atoms with E-state index in [1.807, 2.05) is 48.9 Å². The van der Waals surface area contributed by atoms with Gasteiger partial charge < -0.3 is 9.30 Å². The molecule has 0 aliphatic heterocycles. The lowest BCUT2D eigenvalue weighted by atomic mass is 10.1. The first-order valence-corrected chi connectivity index (χ1v) is 8.11. The van der Waals surface area contributed by atoms with Crippen molar-refractivity contribution in [3.05, 3.63) is 64.3 Å². The van der Waals surface area contributed by atoms with E-state index in [4.69, 9.17) is 16.3 Å². The van der Waals surface area contributed by atoms with E-state index in [-0.39, 0.29) is 5.91 Å². The number of carbonyl (C=O) groups excluding carboxylic acids is 1. The highest BCUT2D eigenvalue weighted by atomic mass is 35.5. The number of amides is 1. The van der Waals surface area contributed by atoms with Gasteiger partial charge in [-0.3, -0.25) is 4.79 Å². The maximum Gasteiger partial charge on any atom is 0.273 e. The summed E-state index contributed by atoms with van der Waals surface area (Å²) >= 11 is 5.85. The molecule has 0 atom stereocenters. The van der Waals surface area contributed by atoms with Crippen LogP contribution in [0.5, 0.6) is 5.75 Å². The quantitative estimate of drug-likeness (QED) is 0.569. The highest BCUT2D eigenvalue weighted by Crippen LogP contribution is 2.28. The van der Waals surface area contributed by atoms with Gasteiger partial charge in [-0.1, -0.05) is 23.7 Å². The second-order valence-electron chi connectivity index (χ2n) is 5.65. The number of halogens is 1. The van der Waals surface area contributed by atoms with Crippen LogP contribution in [0, 0.1) is 6.92 Å². The Morgan fingerprint density at radius 2 is 1.96 bits per heavy atom. The van der Waals surface area contributed by atoms with Gasteiger partial charge in [-0.15, -0.1) is 0 Å². The number of rotatable bonds is 4. The molecule has 1 N–H and O–H groups in total. The largest absolute Gasteiger partial charge is 0.497 e. The lowest BCUT2D eigenvalue weighted by Crippen LogP contribution is -2.18. The number of fused-ring (bicyclic) bond motifs is 1. The molecular formula is C19H18ClN3O2. The molecule has 0 aliphatic rings. The number of hydrogen-bond acceptors (Lipinski definition) is 3. The second-order valence-corrected chi connectivity index (χ2v) is 6.09. The first-order chi connectivity index (χ1) is 12.0. The number of aryl methyl sites for hydroxylation is 1. The van der Waals surface area contributed by atoms with Gasteiger partial charge in [0.05, 0.1) is 18.9 Å². The molecule has 3 aromatic rings. The summed E-state index contributed by atoms with van der Waals surface area (Å²) in [4.78, 5) is 12.6. The van der Waals surface area contributed by atoms with Gasteiger partial charge >= 0.3 is 0 Å². The number of carbonyl (C=O) groups is 1. The van der Waals surface area contributed by atoms with Crippen LogP contribution in [0.3, 0.4) is 0 Å². The van der Waals surface area contributed by atoms with Gasteiger partial charge in [0, 0.05) is 28.7 Å². The lowest BCUT2D eigenvalue weighted by Gasteiger charge is -2.02. The fourth-order valence-corrected chi connectivity index (χ4v) is 2.86. The van der Waals surface area contributed by atoms with Crippen molar-refractivity contribution in [3.63, 3.8) is 0 Å². The van der Waals surface area contributed by atoms with E-state index in [0.29, 0.717) is 16.3 Å². The molecule has 2 aromatic carbocycles. The fraction of sp³-hybridized carbons (Fsp3) is 0.158. The monoisotopic (exact) mass is 355 g/mol. The van der Waals surface area contributed by atoms with Gasteiger partial charge in [0.1, 0.15) is 5.75 Å². The second kappa shape index (κ2) is 6.99. The third kappa shape index (κ3) is 3.37. The molecule has 0 saturated carbocycles. The van der Waals surface area contributed by atoms with Crippen LogP contribution in [-0.2, 0) is 7.05 Å². The lowest BCUT2D eigenvalue weighted by molar-refractivity contribution is 0.0956. The minimum Gasteiger partial charge on any atom is -0.497 e. The van der Waals surface area contributed by atoms with E-state index >= 15 is 0 Å². The number of benzene rings is 2. The number of methoxy groups -OCH3 is 1. The van der Waals surface area contributed by atoms with Crippen molar-refractivity contribution < 1.29 is 9.53 Å². The van der Waals surface area contributed by atoms with Crippen LogP contribution in [0.1, 0.15) is 21.6 Å². The predicted octanol–water partition coefficient (Wildman–Crippen LogP) is 3.91. The molecule has 0 aliphatic carbocycles. The van der Waals surface area contributed by atoms with Crippen LogP contribution >= 0.6 is 11.6 Å². The van der Waals surface area contributed by atoms with Crippen LogP contribution in [0.15, 0.2) is 47.6 Å². The average molecular weight is 356 g/mol. The summed E-state index contributed by atoms with van der Waals surface area (Å²) in [7, 11) is 3.53. The SMILES string of the molecule is COc1ccc2c(c1)c(C(=O)NN=Cc1ccc(Cl)cc1)c(C)n2C. The number of hydrazone groups is 1. The van der Waals surface area contributed by atoms with Crippen molar-refractivity contribution in [3.8, 4) is 5.75 Å². The smallest absolute Gasteiger partial charge is 0.273 e. The molecule has 0 saturated heterocycles. The highest BCUT2D eigenvalue weighted by molar-refractivity contribution is 6.30. The molecule has 1 heterocycles. The molecule has 0 unspecified atom stereocenters. The number of ether oxygens (including phenoxy) is 1. The Labute approximate surface area is 150 Å². The third-order valence-corrected chi connectivity index (χ3v) is 4.43. The molecule has 0 fully saturated rings. The number of hydrogen-bond donors (Lipinski definition) is 1. The summed E-state index contributed by atoms with van der Waals surface area (Å²) in [6, 6.07) is 12.9. The average Bonchev–Trinajstić information content (AvgIpc) is 2.87. The maximum absolute atomic E-state index is 12.6. The predicted molar refractivity (Wildman–Crippen MR) is 101 cm³/mol. The molecule has 0 radical (unpaired) electrons. The molecule has 0 spiro atoms. The molecular weight excluding hydrogens is 338 g/mol. The Balaban J connectivity index is 1.88. The topological polar surface area (TPSA) is 55.6 Å². The Hall–Kier alpha value is -2.79. The van der Waals surface area contributed by atoms with Crippen LogP contribution < -0.4 is 10.2 Å². The molecule has 6 heteroatoms. The molecule has 3 rings (SSSR count). The van der Waals surface area contributed by atoms with Crippen LogP contribution in [0.25, 0.3) is 10.9 Å². The zero-order valence-electron chi connectivity index (χ0n) is 14.2. The van der Waals surface area contributed by atoms with Gasteiger partial charge in [-0.25, -0.2) is 5.43 Å². The van der Waals surface area contributed by atoms with E-state index < -0.39 is 0 Å². The number of aromatic nitrogens is 1. The molecule has 128 valence electrons. The minimum absolute atomic E-state index is 0.262. The van der Waals surface area contributed by atoms with Crippen molar-refractivity contribution in [2.45, 2.75) is 6.92 Å². The van der Waals surface area contributed by atoms with E-state index in [0.717, 1.165) is 22.2 Å². The summed E-state index contributed by atoms with van der Waals surface area (Å²) in [6.45, 7) is 1.91. The zero-order valence-corrected chi connectivity index (χ0v) is 15.0. The summed E-state index contributed by atoms with van der Waals surface area (Å²) < 4.78 is 7.25. The standard InChI is InChI=1S/C19H18ClN3O2/c1-12-18(16-10-15(25-3)8-9-17(16)23(12)2)19(24)22-21-11-13-4-6-14(20)7-5-13/h4-11H,1-3H3,(H,22,24). The van der Waals surface area contributed by atoms with Gasteiger partial charge in [0.2, 0.25) is 0 Å². The van der Waals surface area contributed by atoms with Gasteiger partial charge in [-0.05, 0) is 42.8 Å². The van der Waals surface area contributed by atoms with Crippen molar-refractivity contribution in [2.75, 3.05) is 7.11 Å².